The maximum absolute atomic E-state index is 12.5. The zero-order valence-electron chi connectivity index (χ0n) is 17.6. The Balaban J connectivity index is 1.35. The van der Waals surface area contributed by atoms with Crippen LogP contribution in [0.15, 0.2) is 78.0 Å². The molecule has 0 bridgehead atoms. The molecule has 1 heterocycles. The molecule has 7 nitrogen and oxygen atoms in total. The van der Waals surface area contributed by atoms with Crippen LogP contribution in [0.1, 0.15) is 12.7 Å². The Bertz CT molecular complexity index is 1240. The number of nitrogens with zero attached hydrogens (tertiary/aromatic N) is 3. The SMILES string of the molecule is CCn1c(CC(=O)Nc2ccccc2)nnc1SCC(=O)Nc1ccc2ccccc2c1. The molecule has 1 aromatic heterocycles. The number of rotatable bonds is 8. The van der Waals surface area contributed by atoms with Crippen LogP contribution in [0.5, 0.6) is 0 Å². The van der Waals surface area contributed by atoms with Gasteiger partial charge in [0, 0.05) is 17.9 Å². The minimum atomic E-state index is -0.163. The average molecular weight is 446 g/mol. The van der Waals surface area contributed by atoms with E-state index in [1.807, 2.05) is 84.3 Å². The lowest BCUT2D eigenvalue weighted by Gasteiger charge is -2.09. The Labute approximate surface area is 190 Å². The summed E-state index contributed by atoms with van der Waals surface area (Å²) in [5, 5.41) is 16.9. The number of para-hydroxylation sites is 1. The van der Waals surface area contributed by atoms with E-state index in [4.69, 9.17) is 0 Å². The fourth-order valence-corrected chi connectivity index (χ4v) is 4.16. The molecule has 162 valence electrons. The summed E-state index contributed by atoms with van der Waals surface area (Å²) in [5.74, 6) is 0.475. The van der Waals surface area contributed by atoms with E-state index in [0.29, 0.717) is 17.5 Å². The third kappa shape index (κ3) is 5.33. The van der Waals surface area contributed by atoms with E-state index < -0.39 is 0 Å². The molecular formula is C24H23N5O2S. The van der Waals surface area contributed by atoms with Gasteiger partial charge in [0.25, 0.3) is 0 Å². The van der Waals surface area contributed by atoms with Gasteiger partial charge in [0.15, 0.2) is 5.16 Å². The molecule has 0 radical (unpaired) electrons. The first kappa shape index (κ1) is 21.6. The normalized spacial score (nSPS) is 10.8. The quantitative estimate of drug-likeness (QED) is 0.393. The van der Waals surface area contributed by atoms with Gasteiger partial charge < -0.3 is 15.2 Å². The van der Waals surface area contributed by atoms with Crippen LogP contribution in [0, 0.1) is 0 Å². The van der Waals surface area contributed by atoms with Gasteiger partial charge >= 0.3 is 0 Å². The number of hydrogen-bond donors (Lipinski definition) is 2. The summed E-state index contributed by atoms with van der Waals surface area (Å²) in [6.07, 6.45) is 0.111. The second kappa shape index (κ2) is 10.1. The van der Waals surface area contributed by atoms with Crippen LogP contribution >= 0.6 is 11.8 Å². The number of thioether (sulfide) groups is 1. The molecular weight excluding hydrogens is 422 g/mol. The number of aromatic nitrogens is 3. The highest BCUT2D eigenvalue weighted by molar-refractivity contribution is 7.99. The van der Waals surface area contributed by atoms with Crippen molar-refractivity contribution in [2.75, 3.05) is 16.4 Å². The number of amides is 2. The highest BCUT2D eigenvalue weighted by Crippen LogP contribution is 2.21. The van der Waals surface area contributed by atoms with Gasteiger partial charge in [-0.15, -0.1) is 10.2 Å². The standard InChI is InChI=1S/C24H23N5O2S/c1-2-29-21(15-22(30)25-19-10-4-3-5-11-19)27-28-24(29)32-16-23(31)26-20-13-12-17-8-6-7-9-18(17)14-20/h3-14H,2,15-16H2,1H3,(H,25,30)(H,26,31). The van der Waals surface area contributed by atoms with Crippen molar-refractivity contribution in [3.05, 3.63) is 78.6 Å². The minimum absolute atomic E-state index is 0.111. The topological polar surface area (TPSA) is 88.9 Å². The molecule has 0 fully saturated rings. The minimum Gasteiger partial charge on any atom is -0.326 e. The first-order valence-electron chi connectivity index (χ1n) is 10.3. The highest BCUT2D eigenvalue weighted by atomic mass is 32.2. The summed E-state index contributed by atoms with van der Waals surface area (Å²) < 4.78 is 1.86. The molecule has 2 N–H and O–H groups in total. The van der Waals surface area contributed by atoms with E-state index in [1.54, 1.807) is 0 Å². The van der Waals surface area contributed by atoms with E-state index in [-0.39, 0.29) is 24.0 Å². The van der Waals surface area contributed by atoms with Crippen molar-refractivity contribution in [3.8, 4) is 0 Å². The molecule has 0 atom stereocenters. The van der Waals surface area contributed by atoms with Crippen molar-refractivity contribution in [1.29, 1.82) is 0 Å². The third-order valence-electron chi connectivity index (χ3n) is 4.85. The van der Waals surface area contributed by atoms with Gasteiger partial charge in [-0.05, 0) is 42.0 Å². The Hall–Kier alpha value is -3.65. The molecule has 8 heteroatoms. The summed E-state index contributed by atoms with van der Waals surface area (Å²) in [6.45, 7) is 2.57. The van der Waals surface area contributed by atoms with E-state index in [2.05, 4.69) is 20.8 Å². The zero-order chi connectivity index (χ0) is 22.3. The number of fused-ring (bicyclic) bond motifs is 1. The maximum atomic E-state index is 12.5. The van der Waals surface area contributed by atoms with Crippen LogP contribution in [-0.2, 0) is 22.6 Å². The number of carbonyl (C=O) groups is 2. The Kier molecular flexibility index (Phi) is 6.81. The van der Waals surface area contributed by atoms with Gasteiger partial charge in [0.1, 0.15) is 5.82 Å². The summed E-state index contributed by atoms with van der Waals surface area (Å²) in [5.41, 5.74) is 1.49. The number of hydrogen-bond acceptors (Lipinski definition) is 5. The van der Waals surface area contributed by atoms with Crippen molar-refractivity contribution in [2.24, 2.45) is 0 Å². The fourth-order valence-electron chi connectivity index (χ4n) is 3.34. The van der Waals surface area contributed by atoms with E-state index >= 15 is 0 Å². The van der Waals surface area contributed by atoms with Crippen LogP contribution in [0.4, 0.5) is 11.4 Å². The van der Waals surface area contributed by atoms with Crippen LogP contribution in [0.3, 0.4) is 0 Å². The molecule has 0 aliphatic rings. The first-order chi connectivity index (χ1) is 15.6. The van der Waals surface area contributed by atoms with Gasteiger partial charge in [-0.25, -0.2) is 0 Å². The smallest absolute Gasteiger partial charge is 0.234 e. The monoisotopic (exact) mass is 445 g/mol. The van der Waals surface area contributed by atoms with Crippen molar-refractivity contribution in [3.63, 3.8) is 0 Å². The molecule has 3 aromatic carbocycles. The summed E-state index contributed by atoms with van der Waals surface area (Å²) in [6, 6.07) is 23.1. The molecule has 0 spiro atoms. The molecule has 0 saturated heterocycles. The summed E-state index contributed by atoms with van der Waals surface area (Å²) in [4.78, 5) is 24.8. The second-order valence-corrected chi connectivity index (χ2v) is 8.08. The number of benzene rings is 3. The molecule has 0 aliphatic carbocycles. The van der Waals surface area contributed by atoms with Gasteiger partial charge in [0.05, 0.1) is 12.2 Å². The Morgan fingerprint density at radius 2 is 1.56 bits per heavy atom. The maximum Gasteiger partial charge on any atom is 0.234 e. The van der Waals surface area contributed by atoms with Crippen LogP contribution < -0.4 is 10.6 Å². The molecule has 4 aromatic rings. The van der Waals surface area contributed by atoms with E-state index in [1.165, 1.54) is 11.8 Å². The number of nitrogens with one attached hydrogen (secondary N) is 2. The lowest BCUT2D eigenvalue weighted by molar-refractivity contribution is -0.116. The Morgan fingerprint density at radius 1 is 0.844 bits per heavy atom. The molecule has 2 amide bonds. The van der Waals surface area contributed by atoms with Crippen molar-refractivity contribution in [1.82, 2.24) is 14.8 Å². The Morgan fingerprint density at radius 3 is 2.34 bits per heavy atom. The number of carbonyl (C=O) groups excluding carboxylic acids is 2. The zero-order valence-corrected chi connectivity index (χ0v) is 18.4. The fraction of sp³-hybridized carbons (Fsp3) is 0.167. The van der Waals surface area contributed by atoms with Gasteiger partial charge in [-0.2, -0.15) is 0 Å². The highest BCUT2D eigenvalue weighted by Gasteiger charge is 2.16. The van der Waals surface area contributed by atoms with Gasteiger partial charge in [0.2, 0.25) is 11.8 Å². The molecule has 0 saturated carbocycles. The summed E-state index contributed by atoms with van der Waals surface area (Å²) >= 11 is 1.30. The van der Waals surface area contributed by atoms with Crippen LogP contribution in [0.25, 0.3) is 10.8 Å². The van der Waals surface area contributed by atoms with Crippen molar-refractivity contribution < 1.29 is 9.59 Å². The first-order valence-corrected chi connectivity index (χ1v) is 11.3. The van der Waals surface area contributed by atoms with Gasteiger partial charge in [-0.3, -0.25) is 9.59 Å². The summed E-state index contributed by atoms with van der Waals surface area (Å²) in [7, 11) is 0. The molecule has 4 rings (SSSR count). The van der Waals surface area contributed by atoms with Crippen LogP contribution in [0.2, 0.25) is 0 Å². The van der Waals surface area contributed by atoms with Gasteiger partial charge in [-0.1, -0.05) is 60.3 Å². The molecule has 0 aliphatic heterocycles. The largest absolute Gasteiger partial charge is 0.326 e. The van der Waals surface area contributed by atoms with Crippen molar-refractivity contribution in [2.45, 2.75) is 25.0 Å². The lowest BCUT2D eigenvalue weighted by Crippen LogP contribution is -2.18. The molecule has 32 heavy (non-hydrogen) atoms. The number of anilines is 2. The predicted octanol–water partition coefficient (Wildman–Crippen LogP) is 4.36. The van der Waals surface area contributed by atoms with Crippen LogP contribution in [-0.4, -0.2) is 32.3 Å². The van der Waals surface area contributed by atoms with Crippen molar-refractivity contribution >= 4 is 45.7 Å². The second-order valence-electron chi connectivity index (χ2n) is 7.13. The lowest BCUT2D eigenvalue weighted by atomic mass is 10.1. The molecule has 0 unspecified atom stereocenters. The van der Waals surface area contributed by atoms with E-state index in [0.717, 1.165) is 22.1 Å². The average Bonchev–Trinajstić information content (AvgIpc) is 3.19. The van der Waals surface area contributed by atoms with E-state index in [9.17, 15) is 9.59 Å². The third-order valence-corrected chi connectivity index (χ3v) is 5.82. The predicted molar refractivity (Wildman–Crippen MR) is 128 cm³/mol.